The maximum Gasteiger partial charge on any atom is 0.0877 e. The number of anilines is 3. The van der Waals surface area contributed by atoms with Gasteiger partial charge in [-0.25, -0.2) is 0 Å². The van der Waals surface area contributed by atoms with Gasteiger partial charge in [0.2, 0.25) is 0 Å². The number of fused-ring (bicyclic) bond motifs is 1. The van der Waals surface area contributed by atoms with E-state index in [1.54, 1.807) is 0 Å². The van der Waals surface area contributed by atoms with E-state index in [0.29, 0.717) is 0 Å². The minimum absolute atomic E-state index is 0.749. The van der Waals surface area contributed by atoms with Crippen LogP contribution in [0.1, 0.15) is 25.5 Å². The Morgan fingerprint density at radius 1 is 1.29 bits per heavy atom. The standard InChI is InChI=1S/C17H22N4/c1-2-3-10-21-13-20-16-11-14(7-8-17(16)21)19-12-15-6-4-5-9-18-15/h4-9,11,19-20H,2-3,10,12-13H2,1H3. The molecular formula is C17H22N4. The van der Waals surface area contributed by atoms with Gasteiger partial charge in [0.1, 0.15) is 0 Å². The molecule has 0 unspecified atom stereocenters. The molecule has 4 nitrogen and oxygen atoms in total. The van der Waals surface area contributed by atoms with Gasteiger partial charge in [-0.05, 0) is 36.8 Å². The van der Waals surface area contributed by atoms with Crippen molar-refractivity contribution >= 4 is 17.1 Å². The largest absolute Gasteiger partial charge is 0.379 e. The highest BCUT2D eigenvalue weighted by Gasteiger charge is 2.17. The summed E-state index contributed by atoms with van der Waals surface area (Å²) in [5.74, 6) is 0. The molecule has 0 radical (unpaired) electrons. The third kappa shape index (κ3) is 3.27. The zero-order valence-corrected chi connectivity index (χ0v) is 12.5. The van der Waals surface area contributed by atoms with E-state index in [1.807, 2.05) is 24.4 Å². The minimum atomic E-state index is 0.749. The van der Waals surface area contributed by atoms with Gasteiger partial charge in [0, 0.05) is 18.4 Å². The van der Waals surface area contributed by atoms with E-state index in [-0.39, 0.29) is 0 Å². The average molecular weight is 282 g/mol. The molecule has 0 amide bonds. The number of hydrogen-bond acceptors (Lipinski definition) is 4. The lowest BCUT2D eigenvalue weighted by Crippen LogP contribution is -2.23. The highest BCUT2D eigenvalue weighted by Crippen LogP contribution is 2.33. The van der Waals surface area contributed by atoms with E-state index in [4.69, 9.17) is 0 Å². The maximum atomic E-state index is 4.33. The zero-order valence-electron chi connectivity index (χ0n) is 12.5. The van der Waals surface area contributed by atoms with Gasteiger partial charge >= 0.3 is 0 Å². The van der Waals surface area contributed by atoms with Crippen LogP contribution in [0.5, 0.6) is 0 Å². The molecule has 4 heteroatoms. The molecule has 1 aromatic heterocycles. The van der Waals surface area contributed by atoms with Gasteiger partial charge < -0.3 is 15.5 Å². The van der Waals surface area contributed by atoms with Crippen LogP contribution in [0.25, 0.3) is 0 Å². The first-order chi connectivity index (χ1) is 10.4. The highest BCUT2D eigenvalue weighted by molar-refractivity contribution is 5.78. The van der Waals surface area contributed by atoms with Crippen molar-refractivity contribution in [3.05, 3.63) is 48.3 Å². The normalized spacial score (nSPS) is 12.9. The van der Waals surface area contributed by atoms with E-state index >= 15 is 0 Å². The Kier molecular flexibility index (Phi) is 4.24. The van der Waals surface area contributed by atoms with Crippen molar-refractivity contribution in [2.75, 3.05) is 28.7 Å². The maximum absolute atomic E-state index is 4.33. The SMILES string of the molecule is CCCCN1CNc2cc(NCc3ccccn3)ccc21. The van der Waals surface area contributed by atoms with Crippen molar-refractivity contribution in [2.24, 2.45) is 0 Å². The van der Waals surface area contributed by atoms with Gasteiger partial charge in [0.25, 0.3) is 0 Å². The Hall–Kier alpha value is -2.23. The molecule has 0 saturated carbocycles. The predicted octanol–water partition coefficient (Wildman–Crippen LogP) is 3.68. The molecule has 0 fully saturated rings. The van der Waals surface area contributed by atoms with Crippen molar-refractivity contribution in [1.82, 2.24) is 4.98 Å². The number of pyridine rings is 1. The van der Waals surface area contributed by atoms with Crippen molar-refractivity contribution < 1.29 is 0 Å². The Morgan fingerprint density at radius 2 is 2.24 bits per heavy atom. The molecule has 110 valence electrons. The lowest BCUT2D eigenvalue weighted by Gasteiger charge is -2.17. The highest BCUT2D eigenvalue weighted by atomic mass is 15.3. The summed E-state index contributed by atoms with van der Waals surface area (Å²) in [6.07, 6.45) is 4.29. The molecule has 0 saturated heterocycles. The van der Waals surface area contributed by atoms with E-state index in [1.165, 1.54) is 24.2 Å². The summed E-state index contributed by atoms with van der Waals surface area (Å²) >= 11 is 0. The van der Waals surface area contributed by atoms with Gasteiger partial charge in [-0.15, -0.1) is 0 Å². The second kappa shape index (κ2) is 6.48. The molecule has 3 rings (SSSR count). The van der Waals surface area contributed by atoms with Gasteiger partial charge in [-0.1, -0.05) is 19.4 Å². The second-order valence-electron chi connectivity index (χ2n) is 5.36. The van der Waals surface area contributed by atoms with Crippen molar-refractivity contribution in [3.63, 3.8) is 0 Å². The van der Waals surface area contributed by atoms with Crippen LogP contribution < -0.4 is 15.5 Å². The fourth-order valence-electron chi connectivity index (χ4n) is 2.57. The molecule has 1 aromatic carbocycles. The molecule has 1 aliphatic rings. The topological polar surface area (TPSA) is 40.2 Å². The van der Waals surface area contributed by atoms with E-state index in [0.717, 1.165) is 31.1 Å². The monoisotopic (exact) mass is 282 g/mol. The molecular weight excluding hydrogens is 260 g/mol. The van der Waals surface area contributed by atoms with Gasteiger partial charge in [0.15, 0.2) is 0 Å². The average Bonchev–Trinajstić information content (AvgIpc) is 2.94. The Labute approximate surface area is 126 Å². The van der Waals surface area contributed by atoms with Gasteiger partial charge in [-0.2, -0.15) is 0 Å². The van der Waals surface area contributed by atoms with E-state index in [2.05, 4.69) is 45.6 Å². The number of hydrogen-bond donors (Lipinski definition) is 2. The Bertz CT molecular complexity index is 583. The van der Waals surface area contributed by atoms with Crippen LogP contribution >= 0.6 is 0 Å². The third-order valence-corrected chi connectivity index (χ3v) is 3.78. The fourth-order valence-corrected chi connectivity index (χ4v) is 2.57. The zero-order chi connectivity index (χ0) is 14.5. The summed E-state index contributed by atoms with van der Waals surface area (Å²) in [6, 6.07) is 12.5. The van der Waals surface area contributed by atoms with Crippen LogP contribution in [0.4, 0.5) is 17.1 Å². The molecule has 0 bridgehead atoms. The number of aromatic nitrogens is 1. The van der Waals surface area contributed by atoms with Crippen LogP contribution in [0.2, 0.25) is 0 Å². The number of benzene rings is 1. The summed E-state index contributed by atoms with van der Waals surface area (Å²) in [5.41, 5.74) is 4.71. The summed E-state index contributed by atoms with van der Waals surface area (Å²) < 4.78 is 0. The molecule has 2 heterocycles. The van der Waals surface area contributed by atoms with Crippen molar-refractivity contribution in [2.45, 2.75) is 26.3 Å². The molecule has 0 atom stereocenters. The third-order valence-electron chi connectivity index (χ3n) is 3.78. The molecule has 0 spiro atoms. The van der Waals surface area contributed by atoms with Crippen LogP contribution in [0.15, 0.2) is 42.6 Å². The van der Waals surface area contributed by atoms with Gasteiger partial charge in [-0.3, -0.25) is 4.98 Å². The molecule has 0 aliphatic carbocycles. The molecule has 2 aromatic rings. The minimum Gasteiger partial charge on any atom is -0.379 e. The summed E-state index contributed by atoms with van der Waals surface area (Å²) in [7, 11) is 0. The Balaban J connectivity index is 1.64. The quantitative estimate of drug-likeness (QED) is 0.848. The predicted molar refractivity (Wildman–Crippen MR) is 88.7 cm³/mol. The first-order valence-electron chi connectivity index (χ1n) is 7.63. The number of rotatable bonds is 6. The van der Waals surface area contributed by atoms with Crippen LogP contribution in [0.3, 0.4) is 0 Å². The van der Waals surface area contributed by atoms with Crippen molar-refractivity contribution in [1.29, 1.82) is 0 Å². The Morgan fingerprint density at radius 3 is 3.05 bits per heavy atom. The fraction of sp³-hybridized carbons (Fsp3) is 0.353. The smallest absolute Gasteiger partial charge is 0.0877 e. The number of nitrogens with zero attached hydrogens (tertiary/aromatic N) is 2. The first kappa shape index (κ1) is 13.7. The first-order valence-corrected chi connectivity index (χ1v) is 7.63. The second-order valence-corrected chi connectivity index (χ2v) is 5.36. The van der Waals surface area contributed by atoms with Crippen LogP contribution in [0, 0.1) is 0 Å². The summed E-state index contributed by atoms with van der Waals surface area (Å²) in [4.78, 5) is 6.73. The number of unbranched alkanes of at least 4 members (excludes halogenated alkanes) is 1. The summed E-state index contributed by atoms with van der Waals surface area (Å²) in [5, 5.41) is 6.90. The van der Waals surface area contributed by atoms with Crippen LogP contribution in [-0.4, -0.2) is 18.2 Å². The number of nitrogens with one attached hydrogen (secondary N) is 2. The molecule has 21 heavy (non-hydrogen) atoms. The lowest BCUT2D eigenvalue weighted by molar-refractivity contribution is 0.749. The van der Waals surface area contributed by atoms with Crippen LogP contribution in [-0.2, 0) is 6.54 Å². The van der Waals surface area contributed by atoms with E-state index < -0.39 is 0 Å². The molecule has 2 N–H and O–H groups in total. The van der Waals surface area contributed by atoms with Crippen molar-refractivity contribution in [3.8, 4) is 0 Å². The van der Waals surface area contributed by atoms with Gasteiger partial charge in [0.05, 0.1) is 30.3 Å². The summed E-state index contributed by atoms with van der Waals surface area (Å²) in [6.45, 7) is 5.02. The lowest BCUT2D eigenvalue weighted by atomic mass is 10.2. The van der Waals surface area contributed by atoms with E-state index in [9.17, 15) is 0 Å². The molecule has 1 aliphatic heterocycles.